The van der Waals surface area contributed by atoms with Gasteiger partial charge in [-0.15, -0.1) is 0 Å². The molecule has 8 nitrogen and oxygen atoms in total. The van der Waals surface area contributed by atoms with Crippen LogP contribution in [0, 0.1) is 11.6 Å². The van der Waals surface area contributed by atoms with E-state index < -0.39 is 37.8 Å². The third-order valence-electron chi connectivity index (χ3n) is 4.12. The van der Waals surface area contributed by atoms with Crippen molar-refractivity contribution in [1.29, 1.82) is 0 Å². The summed E-state index contributed by atoms with van der Waals surface area (Å²) in [6.45, 7) is -0.535. The van der Waals surface area contributed by atoms with Gasteiger partial charge < -0.3 is 15.5 Å². The number of pyridine rings is 1. The van der Waals surface area contributed by atoms with Gasteiger partial charge in [0, 0.05) is 16.1 Å². The number of hydrogen-bond donors (Lipinski definition) is 3. The first-order valence-electron chi connectivity index (χ1n) is 8.57. The number of urea groups is 1. The Balaban J connectivity index is 2.11. The van der Waals surface area contributed by atoms with Crippen LogP contribution < -0.4 is 10.6 Å². The Labute approximate surface area is 180 Å². The highest BCUT2D eigenvalue weighted by Crippen LogP contribution is 2.40. The van der Waals surface area contributed by atoms with E-state index in [1.54, 1.807) is 12.1 Å². The van der Waals surface area contributed by atoms with E-state index in [1.165, 1.54) is 24.3 Å². The van der Waals surface area contributed by atoms with E-state index in [-0.39, 0.29) is 22.1 Å². The molecule has 12 heteroatoms. The lowest BCUT2D eigenvalue weighted by Gasteiger charge is -2.21. The summed E-state index contributed by atoms with van der Waals surface area (Å²) in [7, 11) is -4.78. The minimum Gasteiger partial charge on any atom is -0.351 e. The molecule has 1 aromatic heterocycles. The Morgan fingerprint density at radius 1 is 1.10 bits per heavy atom. The topological polar surface area (TPSA) is 126 Å². The zero-order valence-corrected chi connectivity index (χ0v) is 17.2. The molecule has 0 saturated carbocycles. The van der Waals surface area contributed by atoms with Gasteiger partial charge in [0.2, 0.25) is 0 Å². The van der Waals surface area contributed by atoms with E-state index in [9.17, 15) is 18.1 Å². The zero-order chi connectivity index (χ0) is 22.8. The summed E-state index contributed by atoms with van der Waals surface area (Å²) in [5.41, 5.74) is 5.38. The Morgan fingerprint density at radius 3 is 2.32 bits per heavy atom. The molecule has 0 fully saturated rings. The smallest absolute Gasteiger partial charge is 0.351 e. The standard InChI is InChI=1S/C19H15ClF2N3O5P/c20-13-5-1-4-11(12(13)10-30-31(27,28)29)16-8-3-9-17(24-16)25(19(23)26)18-14(21)6-2-7-15(18)22/h1-9H,10H2,(H2,23,26)(H2,27,28,29). The maximum Gasteiger partial charge on any atom is 0.469 e. The van der Waals surface area contributed by atoms with Crippen LogP contribution in [0.25, 0.3) is 11.3 Å². The van der Waals surface area contributed by atoms with Crippen LogP contribution in [0.2, 0.25) is 5.02 Å². The highest BCUT2D eigenvalue weighted by Gasteiger charge is 2.25. The largest absolute Gasteiger partial charge is 0.469 e. The summed E-state index contributed by atoms with van der Waals surface area (Å²) in [4.78, 5) is 34.8. The van der Waals surface area contributed by atoms with Crippen molar-refractivity contribution in [3.8, 4) is 11.3 Å². The van der Waals surface area contributed by atoms with Gasteiger partial charge in [0.15, 0.2) is 0 Å². The Bertz CT molecular complexity index is 1170. The monoisotopic (exact) mass is 469 g/mol. The number of aromatic nitrogens is 1. The normalized spacial score (nSPS) is 11.4. The van der Waals surface area contributed by atoms with Crippen molar-refractivity contribution >= 4 is 37.0 Å². The minimum atomic E-state index is -4.78. The third-order valence-corrected chi connectivity index (χ3v) is 4.94. The molecule has 0 spiro atoms. The van der Waals surface area contributed by atoms with Crippen molar-refractivity contribution in [3.05, 3.63) is 76.8 Å². The SMILES string of the molecule is NC(=O)N(c1cccc(-c2cccc(Cl)c2COP(=O)(O)O)n1)c1c(F)cccc1F. The van der Waals surface area contributed by atoms with Crippen LogP contribution in [0.15, 0.2) is 54.6 Å². The van der Waals surface area contributed by atoms with Crippen molar-refractivity contribution in [1.82, 2.24) is 4.98 Å². The second-order valence-corrected chi connectivity index (χ2v) is 7.80. The van der Waals surface area contributed by atoms with Crippen LogP contribution in [0.1, 0.15) is 5.56 Å². The first kappa shape index (κ1) is 22.8. The molecule has 0 saturated heterocycles. The summed E-state index contributed by atoms with van der Waals surface area (Å²) < 4.78 is 44.2. The number of rotatable bonds is 6. The number of halogens is 3. The number of carbonyl (C=O) groups is 1. The fourth-order valence-electron chi connectivity index (χ4n) is 2.83. The minimum absolute atomic E-state index is 0.144. The van der Waals surface area contributed by atoms with Crippen LogP contribution in [-0.2, 0) is 15.7 Å². The average Bonchev–Trinajstić information content (AvgIpc) is 2.69. The van der Waals surface area contributed by atoms with Gasteiger partial charge in [-0.1, -0.05) is 35.9 Å². The van der Waals surface area contributed by atoms with E-state index in [1.807, 2.05) is 0 Å². The molecule has 0 atom stereocenters. The number of anilines is 2. The van der Waals surface area contributed by atoms with Crippen molar-refractivity contribution < 1.29 is 32.5 Å². The van der Waals surface area contributed by atoms with Crippen molar-refractivity contribution in [2.45, 2.75) is 6.61 Å². The molecule has 3 rings (SSSR count). The van der Waals surface area contributed by atoms with Gasteiger partial charge in [0.05, 0.1) is 12.3 Å². The molecular weight excluding hydrogens is 455 g/mol. The van der Waals surface area contributed by atoms with Crippen LogP contribution >= 0.6 is 19.4 Å². The van der Waals surface area contributed by atoms with E-state index in [2.05, 4.69) is 9.51 Å². The number of amides is 2. The Morgan fingerprint density at radius 2 is 1.71 bits per heavy atom. The van der Waals surface area contributed by atoms with Crippen LogP contribution in [0.5, 0.6) is 0 Å². The van der Waals surface area contributed by atoms with E-state index in [0.717, 1.165) is 18.2 Å². The maximum atomic E-state index is 14.3. The molecule has 2 aromatic carbocycles. The molecular formula is C19H15ClF2N3O5P. The average molecular weight is 470 g/mol. The van der Waals surface area contributed by atoms with E-state index >= 15 is 0 Å². The number of nitrogens with zero attached hydrogens (tertiary/aromatic N) is 2. The molecule has 31 heavy (non-hydrogen) atoms. The molecule has 4 N–H and O–H groups in total. The predicted molar refractivity (Wildman–Crippen MR) is 110 cm³/mol. The molecule has 0 aliphatic rings. The molecule has 0 unspecified atom stereocenters. The van der Waals surface area contributed by atoms with Crippen molar-refractivity contribution in [3.63, 3.8) is 0 Å². The lowest BCUT2D eigenvalue weighted by Crippen LogP contribution is -2.33. The quantitative estimate of drug-likeness (QED) is 0.456. The summed E-state index contributed by atoms with van der Waals surface area (Å²) in [5.74, 6) is -2.23. The maximum absolute atomic E-state index is 14.3. The Kier molecular flexibility index (Phi) is 6.68. The van der Waals surface area contributed by atoms with Crippen molar-refractivity contribution in [2.24, 2.45) is 5.73 Å². The molecule has 0 bridgehead atoms. The van der Waals surface area contributed by atoms with Gasteiger partial charge in [-0.2, -0.15) is 0 Å². The van der Waals surface area contributed by atoms with E-state index in [0.29, 0.717) is 10.5 Å². The van der Waals surface area contributed by atoms with Crippen LogP contribution in [0.4, 0.5) is 25.1 Å². The number of nitrogens with two attached hydrogens (primary N) is 1. The van der Waals surface area contributed by atoms with Gasteiger partial charge >= 0.3 is 13.9 Å². The van der Waals surface area contributed by atoms with Gasteiger partial charge in [-0.05, 0) is 30.3 Å². The second kappa shape index (κ2) is 9.09. The summed E-state index contributed by atoms with van der Waals surface area (Å²) >= 11 is 6.15. The number of phosphoric ester groups is 1. The fraction of sp³-hybridized carbons (Fsp3) is 0.0526. The lowest BCUT2D eigenvalue weighted by atomic mass is 10.0. The number of hydrogen-bond acceptors (Lipinski definition) is 4. The fourth-order valence-corrected chi connectivity index (χ4v) is 3.36. The van der Waals surface area contributed by atoms with Gasteiger partial charge in [-0.3, -0.25) is 4.52 Å². The van der Waals surface area contributed by atoms with Gasteiger partial charge in [-0.25, -0.2) is 28.0 Å². The van der Waals surface area contributed by atoms with E-state index in [4.69, 9.17) is 27.1 Å². The van der Waals surface area contributed by atoms with Gasteiger partial charge in [0.25, 0.3) is 0 Å². The second-order valence-electron chi connectivity index (χ2n) is 6.15. The van der Waals surface area contributed by atoms with Crippen LogP contribution in [0.3, 0.4) is 0 Å². The molecule has 3 aromatic rings. The first-order chi connectivity index (χ1) is 14.6. The highest BCUT2D eigenvalue weighted by atomic mass is 35.5. The summed E-state index contributed by atoms with van der Waals surface area (Å²) in [6, 6.07) is 10.8. The molecule has 1 heterocycles. The number of phosphoric acid groups is 1. The highest BCUT2D eigenvalue weighted by molar-refractivity contribution is 7.46. The number of primary amides is 1. The molecule has 162 valence electrons. The number of para-hydroxylation sites is 1. The Hall–Kier alpha value is -2.88. The molecule has 2 amide bonds. The summed E-state index contributed by atoms with van der Waals surface area (Å²) in [6.07, 6.45) is 0. The zero-order valence-electron chi connectivity index (χ0n) is 15.6. The summed E-state index contributed by atoms with van der Waals surface area (Å²) in [5, 5.41) is 0.144. The lowest BCUT2D eigenvalue weighted by molar-refractivity contribution is 0.189. The molecule has 0 radical (unpaired) electrons. The van der Waals surface area contributed by atoms with Crippen molar-refractivity contribution in [2.75, 3.05) is 4.90 Å². The first-order valence-corrected chi connectivity index (χ1v) is 10.5. The van der Waals surface area contributed by atoms with Gasteiger partial charge in [0.1, 0.15) is 23.1 Å². The number of benzene rings is 2. The molecule has 0 aliphatic heterocycles. The number of carbonyl (C=O) groups excluding carboxylic acids is 1. The van der Waals surface area contributed by atoms with Crippen LogP contribution in [-0.4, -0.2) is 20.8 Å². The predicted octanol–water partition coefficient (Wildman–Crippen LogP) is 4.51. The third kappa shape index (κ3) is 5.25. The molecule has 0 aliphatic carbocycles.